The molecule has 306 valence electrons. The summed E-state index contributed by atoms with van der Waals surface area (Å²) in [6, 6.07) is 26.8. The second kappa shape index (κ2) is 20.2. The lowest BCUT2D eigenvalue weighted by atomic mass is 9.80. The maximum atomic E-state index is 13.4. The first-order valence-corrected chi connectivity index (χ1v) is 20.2. The van der Waals surface area contributed by atoms with Gasteiger partial charge in [0.25, 0.3) is 8.53 Å². The minimum Gasteiger partial charge on any atom is -0.497 e. The Bertz CT molecular complexity index is 1770. The molecule has 5 rings (SSSR count). The van der Waals surface area contributed by atoms with E-state index in [9.17, 15) is 19.6 Å². The number of urea groups is 1. The van der Waals surface area contributed by atoms with Gasteiger partial charge in [-0.2, -0.15) is 5.26 Å². The number of carbonyl (C=O) groups excluding carboxylic acids is 3. The number of benzene rings is 3. The number of rotatable bonds is 19. The zero-order valence-electron chi connectivity index (χ0n) is 33.6. The van der Waals surface area contributed by atoms with Crippen molar-refractivity contribution < 1.29 is 47.1 Å². The predicted molar refractivity (Wildman–Crippen MR) is 212 cm³/mol. The fourth-order valence-electron chi connectivity index (χ4n) is 7.12. The number of nitriles is 1. The SMILES string of the molecule is COc1ccc(C(OC[C@H]2O[C@@H](N3CC(COC(C)=O)C(=O)NC3=O)C[C@@H]2OP(OCCC#N)N(C(C)C)C(C)C)(c2ccccc2)c2ccc(OC)cc2)cc1. The number of nitrogens with one attached hydrogen (secondary N) is 1. The summed E-state index contributed by atoms with van der Waals surface area (Å²) in [5.41, 5.74) is 1.32. The molecule has 0 aromatic heterocycles. The molecule has 2 aliphatic rings. The van der Waals surface area contributed by atoms with Crippen molar-refractivity contribution in [2.75, 3.05) is 40.6 Å². The highest BCUT2D eigenvalue weighted by molar-refractivity contribution is 7.44. The molecule has 14 nitrogen and oxygen atoms in total. The third kappa shape index (κ3) is 10.5. The van der Waals surface area contributed by atoms with E-state index in [-0.39, 0.29) is 51.3 Å². The van der Waals surface area contributed by atoms with E-state index < -0.39 is 56.4 Å². The van der Waals surface area contributed by atoms with Gasteiger partial charge in [0.15, 0.2) is 0 Å². The van der Waals surface area contributed by atoms with Crippen LogP contribution in [0.15, 0.2) is 78.9 Å². The van der Waals surface area contributed by atoms with Gasteiger partial charge in [-0.3, -0.25) is 19.8 Å². The van der Waals surface area contributed by atoms with Crippen LogP contribution in [0.3, 0.4) is 0 Å². The number of nitrogens with zero attached hydrogens (tertiary/aromatic N) is 3. The van der Waals surface area contributed by atoms with E-state index in [4.69, 9.17) is 32.7 Å². The van der Waals surface area contributed by atoms with Gasteiger partial charge in [-0.15, -0.1) is 0 Å². The number of ether oxygens (including phenoxy) is 5. The van der Waals surface area contributed by atoms with E-state index in [1.165, 1.54) is 11.8 Å². The van der Waals surface area contributed by atoms with Crippen LogP contribution in [0.5, 0.6) is 11.5 Å². The van der Waals surface area contributed by atoms with Crippen LogP contribution in [0, 0.1) is 17.2 Å². The van der Waals surface area contributed by atoms with Crippen LogP contribution in [-0.2, 0) is 38.4 Å². The van der Waals surface area contributed by atoms with Gasteiger partial charge in [-0.25, -0.2) is 9.46 Å². The normalized spacial score (nSPS) is 20.4. The Morgan fingerprint density at radius 2 is 1.51 bits per heavy atom. The molecule has 2 heterocycles. The van der Waals surface area contributed by atoms with Crippen molar-refractivity contribution in [2.24, 2.45) is 5.92 Å². The van der Waals surface area contributed by atoms with E-state index in [2.05, 4.69) is 43.8 Å². The summed E-state index contributed by atoms with van der Waals surface area (Å²) in [6.07, 6.45) is -1.87. The molecular weight excluding hydrogens is 751 g/mol. The Labute approximate surface area is 336 Å². The molecule has 2 saturated heterocycles. The van der Waals surface area contributed by atoms with Crippen molar-refractivity contribution in [3.63, 3.8) is 0 Å². The van der Waals surface area contributed by atoms with Crippen molar-refractivity contribution in [2.45, 2.75) is 83.6 Å². The summed E-state index contributed by atoms with van der Waals surface area (Å²) in [5.74, 6) is -0.505. The van der Waals surface area contributed by atoms with Gasteiger partial charge in [0.1, 0.15) is 36.0 Å². The highest BCUT2D eigenvalue weighted by Gasteiger charge is 2.48. The van der Waals surface area contributed by atoms with E-state index in [1.807, 2.05) is 78.9 Å². The van der Waals surface area contributed by atoms with Crippen LogP contribution >= 0.6 is 8.53 Å². The van der Waals surface area contributed by atoms with Crippen molar-refractivity contribution in [1.82, 2.24) is 14.9 Å². The Kier molecular flexibility index (Phi) is 15.4. The lowest BCUT2D eigenvalue weighted by Gasteiger charge is -2.39. The molecule has 3 aromatic rings. The zero-order chi connectivity index (χ0) is 41.1. The molecule has 0 spiro atoms. The Morgan fingerprint density at radius 1 is 0.930 bits per heavy atom. The molecule has 0 aliphatic carbocycles. The monoisotopic (exact) mass is 804 g/mol. The lowest BCUT2D eigenvalue weighted by molar-refractivity contribution is -0.146. The van der Waals surface area contributed by atoms with Gasteiger partial charge >= 0.3 is 12.0 Å². The highest BCUT2D eigenvalue weighted by atomic mass is 31.2. The fourth-order valence-corrected chi connectivity index (χ4v) is 8.88. The summed E-state index contributed by atoms with van der Waals surface area (Å²) < 4.78 is 45.5. The molecule has 2 unspecified atom stereocenters. The lowest BCUT2D eigenvalue weighted by Crippen LogP contribution is -2.58. The van der Waals surface area contributed by atoms with Gasteiger partial charge in [0.05, 0.1) is 51.9 Å². The second-order valence-corrected chi connectivity index (χ2v) is 15.7. The molecule has 3 aromatic carbocycles. The smallest absolute Gasteiger partial charge is 0.326 e. The van der Waals surface area contributed by atoms with Crippen LogP contribution < -0.4 is 14.8 Å². The zero-order valence-corrected chi connectivity index (χ0v) is 34.5. The number of hydrogen-bond acceptors (Lipinski definition) is 12. The number of esters is 1. The van der Waals surface area contributed by atoms with Gasteiger partial charge in [0.2, 0.25) is 5.91 Å². The van der Waals surface area contributed by atoms with Crippen LogP contribution in [0.4, 0.5) is 4.79 Å². The minimum absolute atomic E-state index is 0.00981. The fraction of sp³-hybridized carbons (Fsp3) is 0.476. The number of imide groups is 1. The van der Waals surface area contributed by atoms with Gasteiger partial charge in [-0.05, 0) is 68.7 Å². The molecule has 57 heavy (non-hydrogen) atoms. The molecule has 5 atom stereocenters. The summed E-state index contributed by atoms with van der Waals surface area (Å²) in [5, 5.41) is 11.7. The first-order valence-electron chi connectivity index (χ1n) is 19.1. The van der Waals surface area contributed by atoms with Gasteiger partial charge in [0, 0.05) is 32.0 Å². The second-order valence-electron chi connectivity index (χ2n) is 14.3. The maximum absolute atomic E-state index is 13.4. The largest absolute Gasteiger partial charge is 0.497 e. The number of amides is 3. The molecule has 1 N–H and O–H groups in total. The highest BCUT2D eigenvalue weighted by Crippen LogP contribution is 2.50. The van der Waals surface area contributed by atoms with Crippen LogP contribution in [-0.4, -0.2) is 98.6 Å². The van der Waals surface area contributed by atoms with Gasteiger partial charge < -0.3 is 32.7 Å². The first-order chi connectivity index (χ1) is 27.4. The van der Waals surface area contributed by atoms with Crippen molar-refractivity contribution in [3.8, 4) is 17.6 Å². The average molecular weight is 805 g/mol. The maximum Gasteiger partial charge on any atom is 0.326 e. The summed E-state index contributed by atoms with van der Waals surface area (Å²) in [6.45, 7) is 9.40. The third-order valence-electron chi connectivity index (χ3n) is 9.82. The molecule has 2 fully saturated rings. The summed E-state index contributed by atoms with van der Waals surface area (Å²) in [7, 11) is 1.51. The third-order valence-corrected chi connectivity index (χ3v) is 12.0. The van der Waals surface area contributed by atoms with E-state index in [0.29, 0.717) is 11.5 Å². The Balaban J connectivity index is 1.57. The van der Waals surface area contributed by atoms with Crippen LogP contribution in [0.25, 0.3) is 0 Å². The van der Waals surface area contributed by atoms with Crippen molar-refractivity contribution >= 4 is 26.4 Å². The van der Waals surface area contributed by atoms with Crippen molar-refractivity contribution in [1.29, 1.82) is 5.26 Å². The number of carbonyl (C=O) groups is 3. The molecule has 3 amide bonds. The minimum atomic E-state index is -1.72. The number of hydrogen-bond donors (Lipinski definition) is 1. The average Bonchev–Trinajstić information content (AvgIpc) is 3.60. The van der Waals surface area contributed by atoms with E-state index >= 15 is 0 Å². The topological polar surface area (TPSA) is 158 Å². The molecule has 2 aliphatic heterocycles. The van der Waals surface area contributed by atoms with E-state index in [0.717, 1.165) is 16.7 Å². The van der Waals surface area contributed by atoms with E-state index in [1.54, 1.807) is 14.2 Å². The number of methoxy groups -OCH3 is 2. The van der Waals surface area contributed by atoms with Gasteiger partial charge in [-0.1, -0.05) is 54.6 Å². The molecular formula is C42H53N4O10P. The molecule has 0 saturated carbocycles. The van der Waals surface area contributed by atoms with Crippen LogP contribution in [0.1, 0.15) is 64.2 Å². The standard InChI is InChI=1S/C42H53N4O10P/c1-28(2)46(29(3)4)57(54-23-11-22-43)56-37-24-39(45-25-31(26-52-30(5)47)40(48)44-41(45)49)55-38(37)27-53-42(32-12-9-8-10-13-32,33-14-18-35(50-6)19-15-33)34-16-20-36(51-7)21-17-34/h8-10,12-21,28-29,31,37-39H,11,23-27H2,1-7H3,(H,44,48,49)/t31?,37-,38+,39+,57?/m0/s1. The van der Waals surface area contributed by atoms with Crippen molar-refractivity contribution in [3.05, 3.63) is 95.6 Å². The summed E-state index contributed by atoms with van der Waals surface area (Å²) in [4.78, 5) is 39.2. The molecule has 15 heteroatoms. The summed E-state index contributed by atoms with van der Waals surface area (Å²) >= 11 is 0. The Morgan fingerprint density at radius 3 is 2.04 bits per heavy atom. The Hall–Kier alpha value is -4.61. The predicted octanol–water partition coefficient (Wildman–Crippen LogP) is 6.52. The quantitative estimate of drug-likeness (QED) is 0.0607. The van der Waals surface area contributed by atoms with Crippen LogP contribution in [0.2, 0.25) is 0 Å². The molecule has 0 bridgehead atoms. The first kappa shape index (κ1) is 43.5. The molecule has 0 radical (unpaired) electrons.